The molecule has 0 unspecified atom stereocenters. The number of anilines is 1. The van der Waals surface area contributed by atoms with Crippen molar-refractivity contribution in [3.05, 3.63) is 35.9 Å². The van der Waals surface area contributed by atoms with Gasteiger partial charge in [0.15, 0.2) is 0 Å². The van der Waals surface area contributed by atoms with Crippen molar-refractivity contribution in [1.82, 2.24) is 10.2 Å². The third-order valence-corrected chi connectivity index (χ3v) is 5.73. The smallest absolute Gasteiger partial charge is 0.410 e. The average molecular weight is 397 g/mol. The summed E-state index contributed by atoms with van der Waals surface area (Å²) in [6.45, 7) is 6.75. The molecule has 2 bridgehead atoms. The summed E-state index contributed by atoms with van der Waals surface area (Å²) >= 11 is 0. The van der Waals surface area contributed by atoms with E-state index in [1.807, 2.05) is 45.0 Å². The molecule has 1 aromatic rings. The lowest BCUT2D eigenvalue weighted by Gasteiger charge is -2.50. The fraction of sp³-hybridized carbons (Fsp3) is 0.500. The number of ether oxygens (including phenoxy) is 1. The van der Waals surface area contributed by atoms with Gasteiger partial charge < -0.3 is 15.0 Å². The van der Waals surface area contributed by atoms with Crippen LogP contribution < -0.4 is 10.6 Å². The van der Waals surface area contributed by atoms with Crippen LogP contribution in [0.1, 0.15) is 45.6 Å². The van der Waals surface area contributed by atoms with Crippen molar-refractivity contribution in [3.63, 3.8) is 0 Å². The van der Waals surface area contributed by atoms with Crippen molar-refractivity contribution >= 4 is 29.2 Å². The van der Waals surface area contributed by atoms with Crippen molar-refractivity contribution < 1.29 is 19.1 Å². The number of carbonyl (C=O) groups is 3. The van der Waals surface area contributed by atoms with Crippen molar-refractivity contribution in [2.45, 2.75) is 51.2 Å². The number of carbonyl (C=O) groups excluding carboxylic acids is 3. The summed E-state index contributed by atoms with van der Waals surface area (Å²) in [5, 5.41) is 5.75. The lowest BCUT2D eigenvalue weighted by atomic mass is 9.64. The number of amides is 3. The number of hydrogen-bond acceptors (Lipinski definition) is 5. The van der Waals surface area contributed by atoms with E-state index >= 15 is 0 Å². The second-order valence-corrected chi connectivity index (χ2v) is 9.11. The third-order valence-electron chi connectivity index (χ3n) is 5.73. The minimum absolute atomic E-state index is 0.0558. The van der Waals surface area contributed by atoms with Gasteiger partial charge >= 0.3 is 6.09 Å². The molecule has 5 rings (SSSR count). The Balaban J connectivity index is 1.37. The zero-order chi connectivity index (χ0) is 20.8. The van der Waals surface area contributed by atoms with Gasteiger partial charge in [-0.2, -0.15) is 0 Å². The van der Waals surface area contributed by atoms with Crippen molar-refractivity contribution in [2.24, 2.45) is 5.92 Å². The van der Waals surface area contributed by atoms with Gasteiger partial charge in [-0.25, -0.2) is 4.79 Å². The highest BCUT2D eigenvalue weighted by Crippen LogP contribution is 2.44. The van der Waals surface area contributed by atoms with E-state index in [2.05, 4.69) is 16.7 Å². The highest BCUT2D eigenvalue weighted by Gasteiger charge is 2.57. The van der Waals surface area contributed by atoms with Crippen LogP contribution in [-0.2, 0) is 14.3 Å². The normalized spacial score (nSPS) is 26.2. The Morgan fingerprint density at radius 3 is 2.45 bits per heavy atom. The van der Waals surface area contributed by atoms with Gasteiger partial charge in [0.05, 0.1) is 0 Å². The Labute approximate surface area is 170 Å². The fourth-order valence-electron chi connectivity index (χ4n) is 4.11. The van der Waals surface area contributed by atoms with Gasteiger partial charge in [-0.1, -0.05) is 18.2 Å². The summed E-state index contributed by atoms with van der Waals surface area (Å²) in [4.78, 5) is 37.7. The Morgan fingerprint density at radius 1 is 1.21 bits per heavy atom. The fourth-order valence-corrected chi connectivity index (χ4v) is 4.11. The van der Waals surface area contributed by atoms with Gasteiger partial charge in [-0.05, 0) is 63.3 Å². The molecule has 0 atom stereocenters. The number of imide groups is 1. The van der Waals surface area contributed by atoms with Crippen molar-refractivity contribution in [1.29, 1.82) is 0 Å². The predicted octanol–water partition coefficient (Wildman–Crippen LogP) is 2.93. The number of benzene rings is 1. The first kappa shape index (κ1) is 19.5. The first-order valence-corrected chi connectivity index (χ1v) is 10.1. The summed E-state index contributed by atoms with van der Waals surface area (Å²) in [5.74, 6) is -0.440. The molecule has 1 aliphatic carbocycles. The van der Waals surface area contributed by atoms with Crippen LogP contribution >= 0.6 is 0 Å². The van der Waals surface area contributed by atoms with Crippen LogP contribution in [0.5, 0.6) is 0 Å². The van der Waals surface area contributed by atoms with Gasteiger partial charge in [0, 0.05) is 24.7 Å². The lowest BCUT2D eigenvalue weighted by Crippen LogP contribution is -2.69. The molecule has 7 nitrogen and oxygen atoms in total. The van der Waals surface area contributed by atoms with Crippen LogP contribution in [0.2, 0.25) is 0 Å². The second kappa shape index (κ2) is 6.90. The molecular formula is C22H27N3O4. The Morgan fingerprint density at radius 2 is 1.90 bits per heavy atom. The number of fused-ring (bicyclic) bond motifs is 2. The summed E-state index contributed by atoms with van der Waals surface area (Å²) in [6.07, 6.45) is 3.67. The zero-order valence-electron chi connectivity index (χ0n) is 17.1. The highest BCUT2D eigenvalue weighted by molar-refractivity contribution is 6.08. The minimum atomic E-state index is -0.655. The maximum absolute atomic E-state index is 12.2. The Bertz CT molecular complexity index is 876. The van der Waals surface area contributed by atoms with E-state index < -0.39 is 11.1 Å². The molecule has 0 radical (unpaired) electrons. The molecule has 1 aromatic carbocycles. The maximum Gasteiger partial charge on any atom is 0.410 e. The van der Waals surface area contributed by atoms with E-state index in [4.69, 9.17) is 4.74 Å². The summed E-state index contributed by atoms with van der Waals surface area (Å²) < 4.78 is 5.43. The second-order valence-electron chi connectivity index (χ2n) is 9.11. The SMILES string of the molecule is CC(C)(C)OC(=O)N1CC=C(c2ccc(NC34CC(C3)C(=O)NC4=O)cc2)CC1. The topological polar surface area (TPSA) is 87.7 Å². The first-order chi connectivity index (χ1) is 13.7. The molecule has 3 aliphatic heterocycles. The quantitative estimate of drug-likeness (QED) is 0.766. The standard InChI is InChI=1S/C22H27N3O4/c1-21(2,3)29-20(28)25-10-8-15(9-11-25)14-4-6-17(7-5-14)24-22-12-16(13-22)18(26)23-19(22)27/h4-8,16,24H,9-13H2,1-3H3,(H,23,26,27). The number of hydrogen-bond donors (Lipinski definition) is 2. The molecule has 2 N–H and O–H groups in total. The molecule has 0 aromatic heterocycles. The monoisotopic (exact) mass is 397 g/mol. The summed E-state index contributed by atoms with van der Waals surface area (Å²) in [6, 6.07) is 7.97. The van der Waals surface area contributed by atoms with Crippen LogP contribution in [-0.4, -0.2) is 47.0 Å². The molecule has 3 fully saturated rings. The van der Waals surface area contributed by atoms with Crippen LogP contribution in [0.4, 0.5) is 10.5 Å². The molecule has 3 heterocycles. The number of rotatable bonds is 3. The molecule has 3 amide bonds. The van der Waals surface area contributed by atoms with E-state index in [-0.39, 0.29) is 23.8 Å². The van der Waals surface area contributed by atoms with Gasteiger partial charge in [0.1, 0.15) is 11.1 Å². The summed E-state index contributed by atoms with van der Waals surface area (Å²) in [5.41, 5.74) is 2.01. The number of piperidine rings is 2. The van der Waals surface area contributed by atoms with Gasteiger partial charge in [-0.15, -0.1) is 0 Å². The average Bonchev–Trinajstić information content (AvgIpc) is 2.62. The van der Waals surface area contributed by atoms with Crippen LogP contribution in [0.3, 0.4) is 0 Å². The molecule has 1 saturated carbocycles. The van der Waals surface area contributed by atoms with E-state index in [1.54, 1.807) is 4.90 Å². The van der Waals surface area contributed by atoms with Gasteiger partial charge in [-0.3, -0.25) is 14.9 Å². The molecular weight excluding hydrogens is 370 g/mol. The molecule has 7 heteroatoms. The van der Waals surface area contributed by atoms with E-state index in [9.17, 15) is 14.4 Å². The predicted molar refractivity (Wildman–Crippen MR) is 109 cm³/mol. The third kappa shape index (κ3) is 3.86. The van der Waals surface area contributed by atoms with E-state index in [0.29, 0.717) is 25.9 Å². The van der Waals surface area contributed by atoms with Gasteiger partial charge in [0.25, 0.3) is 5.91 Å². The van der Waals surface area contributed by atoms with E-state index in [0.717, 1.165) is 17.7 Å². The molecule has 0 spiro atoms. The molecule has 4 aliphatic rings. The molecule has 29 heavy (non-hydrogen) atoms. The zero-order valence-corrected chi connectivity index (χ0v) is 17.1. The van der Waals surface area contributed by atoms with Crippen LogP contribution in [0.25, 0.3) is 5.57 Å². The van der Waals surface area contributed by atoms with Crippen LogP contribution in [0.15, 0.2) is 30.3 Å². The largest absolute Gasteiger partial charge is 0.444 e. The number of nitrogens with one attached hydrogen (secondary N) is 2. The number of nitrogens with zero attached hydrogens (tertiary/aromatic N) is 1. The maximum atomic E-state index is 12.2. The summed E-state index contributed by atoms with van der Waals surface area (Å²) in [7, 11) is 0. The Hall–Kier alpha value is -2.83. The molecule has 154 valence electrons. The van der Waals surface area contributed by atoms with E-state index in [1.165, 1.54) is 5.57 Å². The van der Waals surface area contributed by atoms with Crippen LogP contribution in [0, 0.1) is 5.92 Å². The van der Waals surface area contributed by atoms with Gasteiger partial charge in [0.2, 0.25) is 5.91 Å². The Kier molecular flexibility index (Phi) is 4.63. The minimum Gasteiger partial charge on any atom is -0.444 e. The lowest BCUT2D eigenvalue weighted by molar-refractivity contribution is -0.148. The first-order valence-electron chi connectivity index (χ1n) is 10.1. The molecule has 2 saturated heterocycles. The highest BCUT2D eigenvalue weighted by atomic mass is 16.6. The van der Waals surface area contributed by atoms with Crippen molar-refractivity contribution in [3.8, 4) is 0 Å². The van der Waals surface area contributed by atoms with Crippen molar-refractivity contribution in [2.75, 3.05) is 18.4 Å².